The molecule has 0 radical (unpaired) electrons. The minimum Gasteiger partial charge on any atom is -0.508 e. The van der Waals surface area contributed by atoms with Gasteiger partial charge in [0.2, 0.25) is 5.95 Å². The number of phenols is 1. The molecular formula is C27H29N5O. The van der Waals surface area contributed by atoms with Crippen molar-refractivity contribution in [2.45, 2.75) is 32.4 Å². The lowest BCUT2D eigenvalue weighted by Crippen LogP contribution is -2.20. The Bertz CT molecular complexity index is 1150. The summed E-state index contributed by atoms with van der Waals surface area (Å²) in [4.78, 5) is 13.3. The van der Waals surface area contributed by atoms with Crippen LogP contribution >= 0.6 is 0 Å². The molecule has 0 aliphatic carbocycles. The third-order valence-electron chi connectivity index (χ3n) is 5.56. The Morgan fingerprint density at radius 3 is 2.61 bits per heavy atom. The Labute approximate surface area is 194 Å². The van der Waals surface area contributed by atoms with Gasteiger partial charge in [0.15, 0.2) is 0 Å². The fraction of sp³-hybridized carbons (Fsp3) is 0.222. The van der Waals surface area contributed by atoms with Crippen LogP contribution in [0.15, 0.2) is 85.3 Å². The van der Waals surface area contributed by atoms with Gasteiger partial charge in [-0.25, -0.2) is 9.97 Å². The minimum absolute atomic E-state index is 0.269. The van der Waals surface area contributed by atoms with Gasteiger partial charge in [-0.1, -0.05) is 43.3 Å². The number of rotatable bonds is 10. The maximum atomic E-state index is 9.40. The first-order valence-corrected chi connectivity index (χ1v) is 11.3. The number of nitrogens with zero attached hydrogens (tertiary/aromatic N) is 3. The predicted octanol–water partition coefficient (Wildman–Crippen LogP) is 5.14. The molecule has 6 nitrogen and oxygen atoms in total. The normalized spacial score (nSPS) is 11.8. The van der Waals surface area contributed by atoms with Crippen molar-refractivity contribution in [1.82, 2.24) is 20.3 Å². The largest absolute Gasteiger partial charge is 0.508 e. The fourth-order valence-electron chi connectivity index (χ4n) is 3.75. The highest BCUT2D eigenvalue weighted by Crippen LogP contribution is 2.21. The summed E-state index contributed by atoms with van der Waals surface area (Å²) in [5.41, 5.74) is 5.50. The van der Waals surface area contributed by atoms with Gasteiger partial charge >= 0.3 is 0 Å². The zero-order chi connectivity index (χ0) is 22.9. The lowest BCUT2D eigenvalue weighted by molar-refractivity contribution is 0.475. The van der Waals surface area contributed by atoms with Crippen LogP contribution in [0.5, 0.6) is 5.75 Å². The quantitative estimate of drug-likeness (QED) is 0.317. The van der Waals surface area contributed by atoms with Crippen molar-refractivity contribution in [3.05, 3.63) is 102 Å². The second-order valence-electron chi connectivity index (χ2n) is 7.94. The number of aromatic hydroxyl groups is 1. The first-order valence-electron chi connectivity index (χ1n) is 11.3. The minimum atomic E-state index is 0.269. The third-order valence-corrected chi connectivity index (χ3v) is 5.56. The van der Waals surface area contributed by atoms with E-state index in [0.29, 0.717) is 12.5 Å². The average Bonchev–Trinajstić information content (AvgIpc) is 2.87. The Balaban J connectivity index is 1.38. The van der Waals surface area contributed by atoms with E-state index >= 15 is 0 Å². The van der Waals surface area contributed by atoms with Gasteiger partial charge in [-0.3, -0.25) is 4.98 Å². The number of anilines is 1. The van der Waals surface area contributed by atoms with Gasteiger partial charge in [0.1, 0.15) is 5.75 Å². The number of aromatic nitrogens is 3. The number of phenolic OH excluding ortho intramolecular Hbond substituents is 1. The number of pyridine rings is 1. The topological polar surface area (TPSA) is 83.0 Å². The molecule has 0 saturated carbocycles. The molecule has 4 rings (SSSR count). The van der Waals surface area contributed by atoms with Crippen LogP contribution in [0, 0.1) is 0 Å². The molecule has 0 spiro atoms. The zero-order valence-corrected chi connectivity index (χ0v) is 18.8. The maximum absolute atomic E-state index is 9.40. The van der Waals surface area contributed by atoms with E-state index < -0.39 is 0 Å². The molecule has 2 aromatic carbocycles. The van der Waals surface area contributed by atoms with E-state index in [1.807, 2.05) is 30.5 Å². The van der Waals surface area contributed by atoms with Crippen molar-refractivity contribution in [2.75, 3.05) is 11.9 Å². The van der Waals surface area contributed by atoms with Crippen LogP contribution in [0.25, 0.3) is 11.3 Å². The molecule has 1 atom stereocenters. The Hall–Kier alpha value is -3.77. The number of hydrogen-bond acceptors (Lipinski definition) is 6. The molecule has 0 bridgehead atoms. The summed E-state index contributed by atoms with van der Waals surface area (Å²) in [6.07, 6.45) is 7.33. The summed E-state index contributed by atoms with van der Waals surface area (Å²) in [6.45, 7) is 3.66. The van der Waals surface area contributed by atoms with Crippen molar-refractivity contribution in [3.63, 3.8) is 0 Å². The van der Waals surface area contributed by atoms with Crippen molar-refractivity contribution in [3.8, 4) is 17.0 Å². The number of benzene rings is 2. The Kier molecular flexibility index (Phi) is 7.61. The second kappa shape index (κ2) is 11.2. The molecule has 1 unspecified atom stereocenters. The molecule has 4 aromatic rings. The van der Waals surface area contributed by atoms with Crippen LogP contribution in [0.2, 0.25) is 0 Å². The van der Waals surface area contributed by atoms with E-state index in [9.17, 15) is 5.11 Å². The first kappa shape index (κ1) is 22.4. The summed E-state index contributed by atoms with van der Waals surface area (Å²) >= 11 is 0. The second-order valence-corrected chi connectivity index (χ2v) is 7.94. The Morgan fingerprint density at radius 1 is 0.939 bits per heavy atom. The zero-order valence-electron chi connectivity index (χ0n) is 18.8. The van der Waals surface area contributed by atoms with Crippen LogP contribution in [-0.4, -0.2) is 26.6 Å². The van der Waals surface area contributed by atoms with Gasteiger partial charge in [-0.15, -0.1) is 0 Å². The monoisotopic (exact) mass is 439 g/mol. The Morgan fingerprint density at radius 2 is 1.82 bits per heavy atom. The first-order chi connectivity index (χ1) is 16.2. The van der Waals surface area contributed by atoms with E-state index in [0.717, 1.165) is 36.2 Å². The summed E-state index contributed by atoms with van der Waals surface area (Å²) in [7, 11) is 0. The molecular weight excluding hydrogens is 410 g/mol. The van der Waals surface area contributed by atoms with Crippen LogP contribution < -0.4 is 10.6 Å². The molecule has 0 fully saturated rings. The van der Waals surface area contributed by atoms with Crippen LogP contribution in [-0.2, 0) is 13.0 Å². The summed E-state index contributed by atoms with van der Waals surface area (Å²) in [5, 5.41) is 16.3. The van der Waals surface area contributed by atoms with Crippen molar-refractivity contribution in [1.29, 1.82) is 0 Å². The molecule has 168 valence electrons. The van der Waals surface area contributed by atoms with Crippen LogP contribution in [0.4, 0.5) is 5.95 Å². The molecule has 0 aliphatic rings. The molecule has 2 aromatic heterocycles. The summed E-state index contributed by atoms with van der Waals surface area (Å²) in [5.74, 6) is 0.889. The van der Waals surface area contributed by atoms with Gasteiger partial charge < -0.3 is 15.7 Å². The SMILES string of the molecule is CCC(NCc1cccc(-c2ccnc(NCCc3ccc(O)cc3)n2)c1)c1cccnc1. The lowest BCUT2D eigenvalue weighted by atomic mass is 10.0. The van der Waals surface area contributed by atoms with E-state index in [2.05, 4.69) is 57.9 Å². The summed E-state index contributed by atoms with van der Waals surface area (Å²) in [6, 6.07) is 22.0. The molecule has 0 amide bonds. The van der Waals surface area contributed by atoms with Crippen LogP contribution in [0.3, 0.4) is 0 Å². The molecule has 33 heavy (non-hydrogen) atoms. The van der Waals surface area contributed by atoms with E-state index in [1.54, 1.807) is 24.5 Å². The predicted molar refractivity (Wildman–Crippen MR) is 132 cm³/mol. The molecule has 0 aliphatic heterocycles. The molecule has 6 heteroatoms. The van der Waals surface area contributed by atoms with Gasteiger partial charge in [-0.05, 0) is 59.9 Å². The summed E-state index contributed by atoms with van der Waals surface area (Å²) < 4.78 is 0. The van der Waals surface area contributed by atoms with Crippen molar-refractivity contribution < 1.29 is 5.11 Å². The molecule has 3 N–H and O–H groups in total. The standard InChI is InChI=1S/C27H29N5O/c1-2-25(23-7-4-14-28-19-23)31-18-21-5-3-6-22(17-21)26-13-16-30-27(32-26)29-15-12-20-8-10-24(33)11-9-20/h3-11,13-14,16-17,19,25,31,33H,2,12,15,18H2,1H3,(H,29,30,32). The van der Waals surface area contributed by atoms with E-state index in [1.165, 1.54) is 11.1 Å². The highest BCUT2D eigenvalue weighted by Gasteiger charge is 2.09. The van der Waals surface area contributed by atoms with Crippen molar-refractivity contribution >= 4 is 5.95 Å². The number of hydrogen-bond donors (Lipinski definition) is 3. The van der Waals surface area contributed by atoms with Crippen LogP contribution in [0.1, 0.15) is 36.1 Å². The van der Waals surface area contributed by atoms with Crippen molar-refractivity contribution in [2.24, 2.45) is 0 Å². The van der Waals surface area contributed by atoms with Gasteiger partial charge in [0, 0.05) is 43.3 Å². The van der Waals surface area contributed by atoms with E-state index in [-0.39, 0.29) is 11.8 Å². The van der Waals surface area contributed by atoms with Gasteiger partial charge in [0.25, 0.3) is 0 Å². The average molecular weight is 440 g/mol. The molecule has 0 saturated heterocycles. The maximum Gasteiger partial charge on any atom is 0.223 e. The lowest BCUT2D eigenvalue weighted by Gasteiger charge is -2.17. The third kappa shape index (κ3) is 6.37. The highest BCUT2D eigenvalue weighted by atomic mass is 16.3. The molecule has 2 heterocycles. The van der Waals surface area contributed by atoms with Gasteiger partial charge in [-0.2, -0.15) is 0 Å². The number of nitrogens with one attached hydrogen (secondary N) is 2. The smallest absolute Gasteiger partial charge is 0.223 e. The van der Waals surface area contributed by atoms with E-state index in [4.69, 9.17) is 4.98 Å². The fourth-order valence-corrected chi connectivity index (χ4v) is 3.75. The van der Waals surface area contributed by atoms with Gasteiger partial charge in [0.05, 0.1) is 5.69 Å². The highest BCUT2D eigenvalue weighted by molar-refractivity contribution is 5.61.